The minimum absolute atomic E-state index is 0.534. The Morgan fingerprint density at radius 3 is 2.62 bits per heavy atom. The zero-order chi connectivity index (χ0) is 11.2. The molecule has 3 nitrogen and oxygen atoms in total. The zero-order valence-corrected chi connectivity index (χ0v) is 10.8. The van der Waals surface area contributed by atoms with Crippen molar-refractivity contribution in [2.75, 3.05) is 31.3 Å². The minimum Gasteiger partial charge on any atom is -0.381 e. The molecule has 2 rings (SSSR count). The molecule has 1 saturated heterocycles. The summed E-state index contributed by atoms with van der Waals surface area (Å²) in [4.78, 5) is 0. The third-order valence-electron chi connectivity index (χ3n) is 3.34. The Kier molecular flexibility index (Phi) is 5.26. The van der Waals surface area contributed by atoms with Gasteiger partial charge in [-0.1, -0.05) is 0 Å². The van der Waals surface area contributed by atoms with E-state index in [1.165, 1.54) is 12.8 Å². The lowest BCUT2D eigenvalue weighted by Crippen LogP contribution is -2.36. The standard InChI is InChI=1S/C12H23NO2S/c14-16-8-4-12(5-9-16)13-6-1-7-15-10-11-2-3-11/h11-13H,1-10H2. The van der Waals surface area contributed by atoms with Crippen molar-refractivity contribution in [2.45, 2.75) is 38.1 Å². The van der Waals surface area contributed by atoms with Crippen LogP contribution in [0, 0.1) is 5.92 Å². The van der Waals surface area contributed by atoms with Gasteiger partial charge in [0.25, 0.3) is 0 Å². The molecule has 1 aliphatic heterocycles. The summed E-state index contributed by atoms with van der Waals surface area (Å²) in [5.41, 5.74) is 0. The molecule has 0 spiro atoms. The first-order valence-corrected chi connectivity index (χ1v) is 7.99. The highest BCUT2D eigenvalue weighted by Gasteiger charge is 2.21. The normalized spacial score (nSPS) is 30.5. The first kappa shape index (κ1) is 12.5. The SMILES string of the molecule is O=S1CCC(NCCCOCC2CC2)CC1. The molecule has 2 fully saturated rings. The molecule has 1 N–H and O–H groups in total. The molecule has 1 aliphatic carbocycles. The highest BCUT2D eigenvalue weighted by Crippen LogP contribution is 2.28. The molecule has 0 radical (unpaired) electrons. The highest BCUT2D eigenvalue weighted by molar-refractivity contribution is 7.85. The van der Waals surface area contributed by atoms with Crippen LogP contribution in [-0.2, 0) is 15.5 Å². The first-order valence-electron chi connectivity index (χ1n) is 6.50. The Hall–Kier alpha value is 0.0700. The van der Waals surface area contributed by atoms with Gasteiger partial charge in [0.15, 0.2) is 0 Å². The lowest BCUT2D eigenvalue weighted by molar-refractivity contribution is 0.121. The van der Waals surface area contributed by atoms with Gasteiger partial charge in [-0.2, -0.15) is 0 Å². The molecule has 4 heteroatoms. The van der Waals surface area contributed by atoms with Crippen molar-refractivity contribution in [3.63, 3.8) is 0 Å². The predicted octanol–water partition coefficient (Wildman–Crippen LogP) is 1.30. The van der Waals surface area contributed by atoms with E-state index < -0.39 is 10.8 Å². The van der Waals surface area contributed by atoms with E-state index in [9.17, 15) is 4.21 Å². The summed E-state index contributed by atoms with van der Waals surface area (Å²) in [7, 11) is -0.534. The summed E-state index contributed by atoms with van der Waals surface area (Å²) in [6, 6.07) is 0.598. The van der Waals surface area contributed by atoms with Gasteiger partial charge in [-0.3, -0.25) is 4.21 Å². The van der Waals surface area contributed by atoms with Gasteiger partial charge in [0.2, 0.25) is 0 Å². The molecular weight excluding hydrogens is 222 g/mol. The smallest absolute Gasteiger partial charge is 0.0494 e. The largest absolute Gasteiger partial charge is 0.381 e. The Bertz CT molecular complexity index is 221. The lowest BCUT2D eigenvalue weighted by atomic mass is 10.1. The van der Waals surface area contributed by atoms with Crippen molar-refractivity contribution in [3.05, 3.63) is 0 Å². The molecule has 0 amide bonds. The van der Waals surface area contributed by atoms with E-state index in [0.717, 1.165) is 56.4 Å². The van der Waals surface area contributed by atoms with Gasteiger partial charge in [-0.15, -0.1) is 0 Å². The molecule has 0 aromatic carbocycles. The summed E-state index contributed by atoms with van der Waals surface area (Å²) < 4.78 is 16.7. The van der Waals surface area contributed by atoms with Crippen LogP contribution in [-0.4, -0.2) is 41.5 Å². The van der Waals surface area contributed by atoms with E-state index in [1.807, 2.05) is 0 Å². The van der Waals surface area contributed by atoms with Crippen molar-refractivity contribution < 1.29 is 8.95 Å². The summed E-state index contributed by atoms with van der Waals surface area (Å²) in [5.74, 6) is 2.65. The molecule has 0 aromatic heterocycles. The van der Waals surface area contributed by atoms with Gasteiger partial charge < -0.3 is 10.1 Å². The number of hydrogen-bond donors (Lipinski definition) is 1. The van der Waals surface area contributed by atoms with Crippen molar-refractivity contribution in [3.8, 4) is 0 Å². The second-order valence-corrected chi connectivity index (χ2v) is 6.64. The third-order valence-corrected chi connectivity index (χ3v) is 4.72. The van der Waals surface area contributed by atoms with Crippen LogP contribution >= 0.6 is 0 Å². The number of nitrogens with one attached hydrogen (secondary N) is 1. The quantitative estimate of drug-likeness (QED) is 0.687. The highest BCUT2D eigenvalue weighted by atomic mass is 32.2. The topological polar surface area (TPSA) is 38.3 Å². The summed E-state index contributed by atoms with van der Waals surface area (Å²) in [6.07, 6.45) is 6.01. The fraction of sp³-hybridized carbons (Fsp3) is 1.00. The van der Waals surface area contributed by atoms with E-state index in [4.69, 9.17) is 4.74 Å². The molecule has 0 unspecified atom stereocenters. The van der Waals surface area contributed by atoms with Gasteiger partial charge in [-0.25, -0.2) is 0 Å². The number of rotatable bonds is 7. The molecule has 16 heavy (non-hydrogen) atoms. The molecule has 0 aromatic rings. The average Bonchev–Trinajstić information content (AvgIpc) is 3.10. The fourth-order valence-electron chi connectivity index (χ4n) is 2.01. The molecule has 94 valence electrons. The minimum atomic E-state index is -0.534. The van der Waals surface area contributed by atoms with Crippen molar-refractivity contribution in [2.24, 2.45) is 5.92 Å². The van der Waals surface area contributed by atoms with Crippen LogP contribution in [0.1, 0.15) is 32.1 Å². The Morgan fingerprint density at radius 2 is 1.94 bits per heavy atom. The van der Waals surface area contributed by atoms with Crippen LogP contribution in [0.15, 0.2) is 0 Å². The van der Waals surface area contributed by atoms with Crippen LogP contribution in [0.3, 0.4) is 0 Å². The van der Waals surface area contributed by atoms with Crippen LogP contribution < -0.4 is 5.32 Å². The van der Waals surface area contributed by atoms with E-state index in [-0.39, 0.29) is 0 Å². The molecule has 2 aliphatic rings. The molecule has 1 saturated carbocycles. The summed E-state index contributed by atoms with van der Waals surface area (Å²) in [5, 5.41) is 3.53. The Labute approximate surface area is 101 Å². The summed E-state index contributed by atoms with van der Waals surface area (Å²) >= 11 is 0. The van der Waals surface area contributed by atoms with Gasteiger partial charge in [-0.05, 0) is 44.6 Å². The third kappa shape index (κ3) is 4.93. The maximum atomic E-state index is 11.2. The van der Waals surface area contributed by atoms with E-state index in [1.54, 1.807) is 0 Å². The van der Waals surface area contributed by atoms with Crippen LogP contribution in [0.5, 0.6) is 0 Å². The molecule has 0 bridgehead atoms. The van der Waals surface area contributed by atoms with E-state index in [0.29, 0.717) is 6.04 Å². The first-order chi connectivity index (χ1) is 7.84. The monoisotopic (exact) mass is 245 g/mol. The molecule has 1 heterocycles. The molecular formula is C12H23NO2S. The lowest BCUT2D eigenvalue weighted by Gasteiger charge is -2.22. The average molecular weight is 245 g/mol. The van der Waals surface area contributed by atoms with E-state index in [2.05, 4.69) is 5.32 Å². The van der Waals surface area contributed by atoms with Gasteiger partial charge in [0.1, 0.15) is 0 Å². The fourth-order valence-corrected chi connectivity index (χ4v) is 3.31. The second kappa shape index (κ2) is 6.72. The summed E-state index contributed by atoms with van der Waals surface area (Å²) in [6.45, 7) is 2.91. The number of ether oxygens (including phenoxy) is 1. The Morgan fingerprint density at radius 1 is 1.19 bits per heavy atom. The number of hydrogen-bond acceptors (Lipinski definition) is 3. The van der Waals surface area contributed by atoms with Crippen LogP contribution in [0.25, 0.3) is 0 Å². The van der Waals surface area contributed by atoms with Gasteiger partial charge >= 0.3 is 0 Å². The van der Waals surface area contributed by atoms with Crippen LogP contribution in [0.4, 0.5) is 0 Å². The molecule has 0 atom stereocenters. The van der Waals surface area contributed by atoms with Crippen molar-refractivity contribution in [1.82, 2.24) is 5.32 Å². The maximum absolute atomic E-state index is 11.2. The van der Waals surface area contributed by atoms with Crippen molar-refractivity contribution in [1.29, 1.82) is 0 Å². The zero-order valence-electron chi connectivity index (χ0n) is 9.95. The van der Waals surface area contributed by atoms with Gasteiger partial charge in [0, 0.05) is 41.6 Å². The van der Waals surface area contributed by atoms with Crippen LogP contribution in [0.2, 0.25) is 0 Å². The maximum Gasteiger partial charge on any atom is 0.0494 e. The Balaban J connectivity index is 1.40. The van der Waals surface area contributed by atoms with Crippen molar-refractivity contribution >= 4 is 10.8 Å². The van der Waals surface area contributed by atoms with E-state index >= 15 is 0 Å². The van der Waals surface area contributed by atoms with Gasteiger partial charge in [0.05, 0.1) is 0 Å². The second-order valence-electron chi connectivity index (χ2n) is 4.95. The predicted molar refractivity (Wildman–Crippen MR) is 67.1 cm³/mol.